The number of carbonyl (C=O) groups excluding carboxylic acids is 1. The second-order valence-electron chi connectivity index (χ2n) is 4.00. The van der Waals surface area contributed by atoms with Gasteiger partial charge in [-0.1, -0.05) is 24.6 Å². The molecule has 1 fully saturated rings. The number of fused-ring (bicyclic) bond motifs is 1. The minimum Gasteiger partial charge on any atom is -0.369 e. The van der Waals surface area contributed by atoms with E-state index in [4.69, 9.17) is 16.3 Å². The van der Waals surface area contributed by atoms with Crippen molar-refractivity contribution in [3.05, 3.63) is 22.8 Å². The maximum Gasteiger partial charge on any atom is 0.164 e. The fourth-order valence-electron chi connectivity index (χ4n) is 2.01. The molecule has 0 bridgehead atoms. The minimum atomic E-state index is -0.0891. The Hall–Kier alpha value is -0.600. The summed E-state index contributed by atoms with van der Waals surface area (Å²) in [4.78, 5) is 11.7. The molecule has 14 heavy (non-hydrogen) atoms. The molecule has 0 spiro atoms. The summed E-state index contributed by atoms with van der Waals surface area (Å²) in [6, 6.07) is 0. The average Bonchev–Trinajstić information content (AvgIpc) is 2.07. The van der Waals surface area contributed by atoms with Crippen LogP contribution < -0.4 is 0 Å². The van der Waals surface area contributed by atoms with Crippen LogP contribution in [0.2, 0.25) is 0 Å². The topological polar surface area (TPSA) is 26.3 Å². The fourth-order valence-corrected chi connectivity index (χ4v) is 2.33. The number of Topliss-reactive ketones (excluding diaryl/α,β-unsaturated/α-hetero) is 1. The van der Waals surface area contributed by atoms with Gasteiger partial charge in [0, 0.05) is 22.9 Å². The maximum absolute atomic E-state index is 11.7. The molecule has 2 aliphatic rings. The molecule has 1 heterocycles. The van der Waals surface area contributed by atoms with E-state index in [1.807, 2.05) is 19.9 Å². The lowest BCUT2D eigenvalue weighted by atomic mass is 9.86. The quantitative estimate of drug-likeness (QED) is 0.617. The van der Waals surface area contributed by atoms with E-state index in [-0.39, 0.29) is 23.9 Å². The van der Waals surface area contributed by atoms with Gasteiger partial charge in [-0.15, -0.1) is 0 Å². The molecular weight excluding hydrogens is 200 g/mol. The smallest absolute Gasteiger partial charge is 0.164 e. The van der Waals surface area contributed by atoms with Crippen molar-refractivity contribution in [2.75, 3.05) is 0 Å². The van der Waals surface area contributed by atoms with E-state index in [2.05, 4.69) is 0 Å². The van der Waals surface area contributed by atoms with E-state index in [1.165, 1.54) is 0 Å². The van der Waals surface area contributed by atoms with Gasteiger partial charge in [-0.3, -0.25) is 4.79 Å². The molecule has 0 aromatic heterocycles. The highest BCUT2D eigenvalue weighted by atomic mass is 35.5. The first-order chi connectivity index (χ1) is 6.58. The number of carbonyl (C=O) groups is 1. The van der Waals surface area contributed by atoms with Gasteiger partial charge in [-0.25, -0.2) is 0 Å². The summed E-state index contributed by atoms with van der Waals surface area (Å²) in [6.07, 6.45) is 4.08. The van der Waals surface area contributed by atoms with Crippen LogP contribution in [0.4, 0.5) is 0 Å². The Morgan fingerprint density at radius 2 is 2.21 bits per heavy atom. The normalized spacial score (nSPS) is 37.4. The summed E-state index contributed by atoms with van der Waals surface area (Å²) < 4.78 is 5.73. The summed E-state index contributed by atoms with van der Waals surface area (Å²) in [5.41, 5.74) is 0.739. The van der Waals surface area contributed by atoms with Crippen molar-refractivity contribution in [1.82, 2.24) is 0 Å². The first-order valence-electron chi connectivity index (χ1n) is 4.85. The number of halogens is 1. The van der Waals surface area contributed by atoms with Gasteiger partial charge in [0.05, 0.1) is 12.2 Å². The summed E-state index contributed by atoms with van der Waals surface area (Å²) in [5.74, 6) is 0.362. The van der Waals surface area contributed by atoms with Crippen LogP contribution in [-0.2, 0) is 9.53 Å². The van der Waals surface area contributed by atoms with Gasteiger partial charge < -0.3 is 4.74 Å². The molecular formula is C11H13ClO2. The highest BCUT2D eigenvalue weighted by molar-refractivity contribution is 6.31. The van der Waals surface area contributed by atoms with Crippen LogP contribution in [0.5, 0.6) is 0 Å². The second kappa shape index (κ2) is 3.52. The Labute approximate surface area is 88.6 Å². The Morgan fingerprint density at radius 3 is 2.93 bits per heavy atom. The monoisotopic (exact) mass is 212 g/mol. The summed E-state index contributed by atoms with van der Waals surface area (Å²) >= 11 is 5.91. The molecule has 1 aliphatic heterocycles. The first kappa shape index (κ1) is 9.94. The van der Waals surface area contributed by atoms with Gasteiger partial charge in [0.1, 0.15) is 0 Å². The van der Waals surface area contributed by atoms with Gasteiger partial charge in [0.2, 0.25) is 0 Å². The van der Waals surface area contributed by atoms with Crippen molar-refractivity contribution in [2.24, 2.45) is 5.92 Å². The molecule has 2 nitrogen and oxygen atoms in total. The van der Waals surface area contributed by atoms with Crippen molar-refractivity contribution in [3.8, 4) is 0 Å². The van der Waals surface area contributed by atoms with Crippen LogP contribution in [0.15, 0.2) is 22.8 Å². The van der Waals surface area contributed by atoms with E-state index in [1.54, 1.807) is 6.08 Å². The minimum absolute atomic E-state index is 0.0253. The van der Waals surface area contributed by atoms with E-state index in [9.17, 15) is 4.79 Å². The van der Waals surface area contributed by atoms with E-state index >= 15 is 0 Å². The Bertz CT molecular complexity index is 330. The van der Waals surface area contributed by atoms with Crippen LogP contribution in [0.1, 0.15) is 20.3 Å². The number of allylic oxidation sites excluding steroid dienone is 2. The number of hydrogen-bond donors (Lipinski definition) is 0. The number of ketones is 1. The molecule has 1 aliphatic carbocycles. The zero-order valence-corrected chi connectivity index (χ0v) is 9.04. The predicted octanol–water partition coefficient (Wildman–Crippen LogP) is 2.43. The third kappa shape index (κ3) is 1.64. The molecule has 0 aromatic rings. The van der Waals surface area contributed by atoms with E-state index in [0.29, 0.717) is 11.5 Å². The van der Waals surface area contributed by atoms with Gasteiger partial charge in [0.15, 0.2) is 5.78 Å². The SMILES string of the molecule is CC1CC(=O)C2=CC(Cl)=CC(C)C2O1. The molecule has 1 saturated heterocycles. The van der Waals surface area contributed by atoms with E-state index in [0.717, 1.165) is 5.57 Å². The average molecular weight is 213 g/mol. The Balaban J connectivity index is 2.33. The summed E-state index contributed by atoms with van der Waals surface area (Å²) in [5, 5.41) is 0.648. The van der Waals surface area contributed by atoms with Crippen molar-refractivity contribution in [3.63, 3.8) is 0 Å². The summed E-state index contributed by atoms with van der Waals surface area (Å²) in [6.45, 7) is 3.95. The molecule has 76 valence electrons. The Kier molecular flexibility index (Phi) is 2.50. The van der Waals surface area contributed by atoms with Crippen molar-refractivity contribution >= 4 is 17.4 Å². The standard InChI is InChI=1S/C11H13ClO2/c1-6-3-8(12)5-9-10(13)4-7(2)14-11(6)9/h3,5-7,11H,4H2,1-2H3. The largest absolute Gasteiger partial charge is 0.369 e. The van der Waals surface area contributed by atoms with Crippen molar-refractivity contribution < 1.29 is 9.53 Å². The van der Waals surface area contributed by atoms with Crippen molar-refractivity contribution in [2.45, 2.75) is 32.5 Å². The van der Waals surface area contributed by atoms with Crippen LogP contribution in [0.3, 0.4) is 0 Å². The lowest BCUT2D eigenvalue weighted by Crippen LogP contribution is -2.38. The highest BCUT2D eigenvalue weighted by Crippen LogP contribution is 2.33. The molecule has 0 N–H and O–H groups in total. The first-order valence-corrected chi connectivity index (χ1v) is 5.23. The fraction of sp³-hybridized carbons (Fsp3) is 0.545. The van der Waals surface area contributed by atoms with Crippen LogP contribution in [-0.4, -0.2) is 18.0 Å². The third-order valence-corrected chi connectivity index (χ3v) is 2.91. The predicted molar refractivity (Wildman–Crippen MR) is 55.1 cm³/mol. The van der Waals surface area contributed by atoms with Crippen LogP contribution >= 0.6 is 11.6 Å². The van der Waals surface area contributed by atoms with E-state index < -0.39 is 0 Å². The van der Waals surface area contributed by atoms with Gasteiger partial charge in [0.25, 0.3) is 0 Å². The van der Waals surface area contributed by atoms with Gasteiger partial charge in [-0.2, -0.15) is 0 Å². The van der Waals surface area contributed by atoms with Gasteiger partial charge >= 0.3 is 0 Å². The third-order valence-electron chi connectivity index (χ3n) is 2.67. The number of ether oxygens (including phenoxy) is 1. The maximum atomic E-state index is 11.7. The van der Waals surface area contributed by atoms with Crippen LogP contribution in [0.25, 0.3) is 0 Å². The Morgan fingerprint density at radius 1 is 1.50 bits per heavy atom. The number of hydrogen-bond acceptors (Lipinski definition) is 2. The lowest BCUT2D eigenvalue weighted by Gasteiger charge is -2.34. The van der Waals surface area contributed by atoms with Crippen LogP contribution in [0, 0.1) is 5.92 Å². The molecule has 2 rings (SSSR count). The highest BCUT2D eigenvalue weighted by Gasteiger charge is 2.35. The van der Waals surface area contributed by atoms with Crippen molar-refractivity contribution in [1.29, 1.82) is 0 Å². The number of rotatable bonds is 0. The molecule has 3 heteroatoms. The lowest BCUT2D eigenvalue weighted by molar-refractivity contribution is -0.127. The molecule has 0 saturated carbocycles. The molecule has 3 unspecified atom stereocenters. The zero-order valence-electron chi connectivity index (χ0n) is 8.29. The molecule has 0 aromatic carbocycles. The zero-order chi connectivity index (χ0) is 10.3. The molecule has 0 radical (unpaired) electrons. The van der Waals surface area contributed by atoms with Gasteiger partial charge in [-0.05, 0) is 13.0 Å². The second-order valence-corrected chi connectivity index (χ2v) is 4.44. The molecule has 0 amide bonds. The molecule has 3 atom stereocenters. The summed E-state index contributed by atoms with van der Waals surface area (Å²) in [7, 11) is 0.